The number of carbonyl (C=O) groups is 1. The number of para-hydroxylation sites is 1. The average Bonchev–Trinajstić information content (AvgIpc) is 2.26. The molecule has 0 bridgehead atoms. The second-order valence-corrected chi connectivity index (χ2v) is 3.73. The standard InChI is InChI=1S/C12H11ClNO3/c1-9(13)17-12(16)14-11-7-3-2-5-10(11)6-4-8-15/h2-7,9H,1H3,(H,14,16)/b6-4+. The van der Waals surface area contributed by atoms with Gasteiger partial charge < -0.3 is 4.74 Å². The summed E-state index contributed by atoms with van der Waals surface area (Å²) < 4.78 is 4.73. The van der Waals surface area contributed by atoms with E-state index in [2.05, 4.69) is 5.32 Å². The Balaban J connectivity index is 2.79. The van der Waals surface area contributed by atoms with Crippen LogP contribution in [0.4, 0.5) is 10.5 Å². The summed E-state index contributed by atoms with van der Waals surface area (Å²) in [6, 6.07) is 6.96. The minimum absolute atomic E-state index is 0.529. The van der Waals surface area contributed by atoms with Crippen molar-refractivity contribution in [3.8, 4) is 0 Å². The molecule has 0 aliphatic rings. The summed E-state index contributed by atoms with van der Waals surface area (Å²) in [5, 5.41) is 2.52. The van der Waals surface area contributed by atoms with Crippen LogP contribution in [0.5, 0.6) is 0 Å². The number of rotatable bonds is 4. The van der Waals surface area contributed by atoms with Gasteiger partial charge in [0, 0.05) is 0 Å². The van der Waals surface area contributed by atoms with Gasteiger partial charge in [-0.05, 0) is 30.7 Å². The molecule has 0 fully saturated rings. The first-order valence-corrected chi connectivity index (χ1v) is 5.32. The van der Waals surface area contributed by atoms with E-state index < -0.39 is 11.7 Å². The molecule has 1 aromatic carbocycles. The normalized spacial score (nSPS) is 12.1. The largest absolute Gasteiger partial charge is 0.430 e. The van der Waals surface area contributed by atoms with E-state index in [4.69, 9.17) is 16.3 Å². The summed E-state index contributed by atoms with van der Waals surface area (Å²) in [6.07, 6.45) is 3.74. The molecule has 1 aromatic rings. The molecule has 1 rings (SSSR count). The highest BCUT2D eigenvalue weighted by atomic mass is 35.5. The number of amides is 1. The molecule has 1 amide bonds. The number of halogens is 1. The third-order valence-electron chi connectivity index (χ3n) is 1.80. The Kier molecular flexibility index (Phi) is 5.23. The minimum Gasteiger partial charge on any atom is -0.430 e. The van der Waals surface area contributed by atoms with E-state index in [1.807, 2.05) is 0 Å². The van der Waals surface area contributed by atoms with Gasteiger partial charge in [0.05, 0.1) is 5.69 Å². The number of ether oxygens (including phenoxy) is 1. The highest BCUT2D eigenvalue weighted by Crippen LogP contribution is 2.17. The number of carbonyl (C=O) groups excluding carboxylic acids is 2. The molecular formula is C12H11ClNO3. The lowest BCUT2D eigenvalue weighted by Gasteiger charge is -2.10. The van der Waals surface area contributed by atoms with Gasteiger partial charge in [0.15, 0.2) is 5.56 Å². The Labute approximate surface area is 104 Å². The van der Waals surface area contributed by atoms with Crippen LogP contribution >= 0.6 is 11.6 Å². The molecule has 5 heteroatoms. The molecule has 0 spiro atoms. The third kappa shape index (κ3) is 4.70. The average molecular weight is 253 g/mol. The topological polar surface area (TPSA) is 55.4 Å². The molecular weight excluding hydrogens is 242 g/mol. The van der Waals surface area contributed by atoms with Crippen molar-refractivity contribution in [2.24, 2.45) is 0 Å². The zero-order valence-electron chi connectivity index (χ0n) is 9.14. The van der Waals surface area contributed by atoms with Gasteiger partial charge in [0.2, 0.25) is 6.29 Å². The number of hydrogen-bond donors (Lipinski definition) is 1. The summed E-state index contributed by atoms with van der Waals surface area (Å²) in [4.78, 5) is 21.4. The molecule has 1 atom stereocenters. The van der Waals surface area contributed by atoms with Crippen LogP contribution in [0.3, 0.4) is 0 Å². The van der Waals surface area contributed by atoms with Gasteiger partial charge in [0.25, 0.3) is 0 Å². The first kappa shape index (κ1) is 13.3. The molecule has 1 N–H and O–H groups in total. The molecule has 0 saturated heterocycles. The monoisotopic (exact) mass is 252 g/mol. The molecule has 0 aliphatic heterocycles. The fourth-order valence-electron chi connectivity index (χ4n) is 1.17. The fraction of sp³-hybridized carbons (Fsp3) is 0.167. The SMILES string of the molecule is CC(Cl)OC(=O)Nc1ccccc1/C=C/[C]=O. The second kappa shape index (κ2) is 6.70. The predicted octanol–water partition coefficient (Wildman–Crippen LogP) is 2.94. The van der Waals surface area contributed by atoms with Crippen molar-refractivity contribution in [1.29, 1.82) is 0 Å². The van der Waals surface area contributed by atoms with E-state index >= 15 is 0 Å². The van der Waals surface area contributed by atoms with E-state index in [1.54, 1.807) is 30.6 Å². The number of nitrogens with one attached hydrogen (secondary N) is 1. The lowest BCUT2D eigenvalue weighted by Crippen LogP contribution is -2.17. The summed E-state index contributed by atoms with van der Waals surface area (Å²) in [5.41, 5.74) is 0.498. The maximum Gasteiger partial charge on any atom is 0.413 e. The second-order valence-electron chi connectivity index (χ2n) is 3.11. The third-order valence-corrected chi connectivity index (χ3v) is 1.89. The summed E-state index contributed by atoms with van der Waals surface area (Å²) in [6.45, 7) is 1.54. The summed E-state index contributed by atoms with van der Waals surface area (Å²) in [7, 11) is 0. The fourth-order valence-corrected chi connectivity index (χ4v) is 1.25. The molecule has 17 heavy (non-hydrogen) atoms. The van der Waals surface area contributed by atoms with Crippen LogP contribution in [0.2, 0.25) is 0 Å². The predicted molar refractivity (Wildman–Crippen MR) is 66.6 cm³/mol. The van der Waals surface area contributed by atoms with Crippen LogP contribution in [-0.4, -0.2) is 17.9 Å². The molecule has 0 heterocycles. The Morgan fingerprint density at radius 1 is 1.53 bits per heavy atom. The Bertz CT molecular complexity index is 430. The number of hydrogen-bond acceptors (Lipinski definition) is 3. The van der Waals surface area contributed by atoms with E-state index in [-0.39, 0.29) is 0 Å². The number of allylic oxidation sites excluding steroid dienone is 1. The van der Waals surface area contributed by atoms with Gasteiger partial charge in [-0.3, -0.25) is 10.1 Å². The maximum absolute atomic E-state index is 11.3. The zero-order valence-corrected chi connectivity index (χ0v) is 9.90. The van der Waals surface area contributed by atoms with Crippen LogP contribution in [-0.2, 0) is 9.53 Å². The van der Waals surface area contributed by atoms with Crippen molar-refractivity contribution in [1.82, 2.24) is 0 Å². The molecule has 89 valence electrons. The summed E-state index contributed by atoms with van der Waals surface area (Å²) >= 11 is 5.51. The van der Waals surface area contributed by atoms with E-state index in [0.29, 0.717) is 11.3 Å². The quantitative estimate of drug-likeness (QED) is 0.662. The highest BCUT2D eigenvalue weighted by Gasteiger charge is 2.08. The maximum atomic E-state index is 11.3. The van der Waals surface area contributed by atoms with Gasteiger partial charge in [-0.25, -0.2) is 4.79 Å². The highest BCUT2D eigenvalue weighted by molar-refractivity contribution is 6.20. The van der Waals surface area contributed by atoms with Gasteiger partial charge in [-0.1, -0.05) is 29.8 Å². The Hall–Kier alpha value is -1.81. The molecule has 1 radical (unpaired) electrons. The van der Waals surface area contributed by atoms with Crippen molar-refractivity contribution in [3.63, 3.8) is 0 Å². The molecule has 4 nitrogen and oxygen atoms in total. The van der Waals surface area contributed by atoms with Crippen molar-refractivity contribution in [3.05, 3.63) is 35.9 Å². The van der Waals surface area contributed by atoms with Crippen molar-refractivity contribution < 1.29 is 14.3 Å². The van der Waals surface area contributed by atoms with Crippen molar-refractivity contribution in [2.75, 3.05) is 5.32 Å². The van der Waals surface area contributed by atoms with E-state index in [1.165, 1.54) is 19.1 Å². The van der Waals surface area contributed by atoms with Crippen molar-refractivity contribution in [2.45, 2.75) is 12.5 Å². The van der Waals surface area contributed by atoms with Crippen molar-refractivity contribution >= 4 is 35.7 Å². The smallest absolute Gasteiger partial charge is 0.413 e. The van der Waals surface area contributed by atoms with E-state index in [0.717, 1.165) is 0 Å². The number of alkyl halides is 1. The first-order chi connectivity index (χ1) is 8.13. The number of anilines is 1. The van der Waals surface area contributed by atoms with Gasteiger partial charge >= 0.3 is 6.09 Å². The van der Waals surface area contributed by atoms with Gasteiger partial charge in [-0.15, -0.1) is 0 Å². The lowest BCUT2D eigenvalue weighted by molar-refractivity contribution is 0.154. The van der Waals surface area contributed by atoms with Crippen LogP contribution < -0.4 is 5.32 Å². The zero-order chi connectivity index (χ0) is 12.7. The van der Waals surface area contributed by atoms with Crippen LogP contribution in [0, 0.1) is 0 Å². The summed E-state index contributed by atoms with van der Waals surface area (Å²) in [5.74, 6) is 0. The molecule has 0 saturated carbocycles. The van der Waals surface area contributed by atoms with Crippen LogP contribution in [0.1, 0.15) is 12.5 Å². The first-order valence-electron chi connectivity index (χ1n) is 4.88. The van der Waals surface area contributed by atoms with Gasteiger partial charge in [-0.2, -0.15) is 0 Å². The lowest BCUT2D eigenvalue weighted by atomic mass is 10.1. The van der Waals surface area contributed by atoms with Crippen LogP contribution in [0.25, 0.3) is 6.08 Å². The van der Waals surface area contributed by atoms with Crippen LogP contribution in [0.15, 0.2) is 30.3 Å². The molecule has 0 aromatic heterocycles. The molecule has 0 aliphatic carbocycles. The minimum atomic E-state index is -0.707. The van der Waals surface area contributed by atoms with E-state index in [9.17, 15) is 9.59 Å². The number of benzene rings is 1. The molecule has 1 unspecified atom stereocenters. The Morgan fingerprint density at radius 2 is 2.24 bits per heavy atom. The Morgan fingerprint density at radius 3 is 2.88 bits per heavy atom. The van der Waals surface area contributed by atoms with Gasteiger partial charge in [0.1, 0.15) is 0 Å².